The van der Waals surface area contributed by atoms with E-state index in [0.29, 0.717) is 23.6 Å². The third-order valence-corrected chi connectivity index (χ3v) is 4.97. The van der Waals surface area contributed by atoms with Crippen LogP contribution in [0.15, 0.2) is 66.2 Å². The summed E-state index contributed by atoms with van der Waals surface area (Å²) in [5.41, 5.74) is 3.01. The predicted octanol–water partition coefficient (Wildman–Crippen LogP) is 4.83. The summed E-state index contributed by atoms with van der Waals surface area (Å²) in [4.78, 5) is 21.3. The van der Waals surface area contributed by atoms with Gasteiger partial charge in [0.25, 0.3) is 5.91 Å². The molecule has 0 aliphatic rings. The van der Waals surface area contributed by atoms with Crippen LogP contribution in [0.5, 0.6) is 5.75 Å². The van der Waals surface area contributed by atoms with Crippen molar-refractivity contribution >= 4 is 33.8 Å². The molecule has 0 fully saturated rings. The Kier molecular flexibility index (Phi) is 4.80. The first-order valence-corrected chi connectivity index (χ1v) is 9.36. The minimum absolute atomic E-state index is 0.185. The summed E-state index contributed by atoms with van der Waals surface area (Å²) in [6.07, 6.45) is 1.72. The number of pyridine rings is 1. The molecule has 4 aromatic rings. The lowest BCUT2D eigenvalue weighted by atomic mass is 10.1. The molecule has 1 N–H and O–H groups in total. The standard InChI is InChI=1S/C21H17N3O2S/c1-14-13-27-19(23-14)12-26-17-9-7-16(8-10-17)21(25)24-18-6-2-4-15-5-3-11-22-20(15)18/h2-11,13H,12H2,1H3,(H,24,25). The molecule has 0 saturated carbocycles. The summed E-state index contributed by atoms with van der Waals surface area (Å²) >= 11 is 1.57. The highest BCUT2D eigenvalue weighted by atomic mass is 32.1. The van der Waals surface area contributed by atoms with Gasteiger partial charge in [0.15, 0.2) is 0 Å². The van der Waals surface area contributed by atoms with E-state index in [-0.39, 0.29) is 5.91 Å². The number of aromatic nitrogens is 2. The summed E-state index contributed by atoms with van der Waals surface area (Å²) in [6, 6.07) is 16.6. The second-order valence-electron chi connectivity index (χ2n) is 6.03. The van der Waals surface area contributed by atoms with Gasteiger partial charge in [-0.15, -0.1) is 11.3 Å². The van der Waals surface area contributed by atoms with Gasteiger partial charge in [-0.2, -0.15) is 0 Å². The first-order chi connectivity index (χ1) is 13.2. The van der Waals surface area contributed by atoms with Gasteiger partial charge < -0.3 is 10.1 Å². The topological polar surface area (TPSA) is 64.1 Å². The van der Waals surface area contributed by atoms with E-state index in [9.17, 15) is 4.79 Å². The highest BCUT2D eigenvalue weighted by Gasteiger charge is 2.09. The van der Waals surface area contributed by atoms with Gasteiger partial charge >= 0.3 is 0 Å². The number of carbonyl (C=O) groups excluding carboxylic acids is 1. The van der Waals surface area contributed by atoms with E-state index in [1.165, 1.54) is 0 Å². The van der Waals surface area contributed by atoms with E-state index in [2.05, 4.69) is 15.3 Å². The molecule has 5 nitrogen and oxygen atoms in total. The number of rotatable bonds is 5. The number of amides is 1. The predicted molar refractivity (Wildman–Crippen MR) is 107 cm³/mol. The quantitative estimate of drug-likeness (QED) is 0.543. The molecule has 2 aromatic carbocycles. The summed E-state index contributed by atoms with van der Waals surface area (Å²) in [5, 5.41) is 6.84. The van der Waals surface area contributed by atoms with Gasteiger partial charge in [0.1, 0.15) is 17.4 Å². The largest absolute Gasteiger partial charge is 0.486 e. The van der Waals surface area contributed by atoms with E-state index >= 15 is 0 Å². The molecular formula is C21H17N3O2S. The molecular weight excluding hydrogens is 358 g/mol. The molecule has 0 bridgehead atoms. The van der Waals surface area contributed by atoms with Crippen LogP contribution in [-0.4, -0.2) is 15.9 Å². The highest BCUT2D eigenvalue weighted by Crippen LogP contribution is 2.22. The lowest BCUT2D eigenvalue weighted by Gasteiger charge is -2.09. The third kappa shape index (κ3) is 3.96. The van der Waals surface area contributed by atoms with E-state index in [1.807, 2.05) is 42.6 Å². The molecule has 0 saturated heterocycles. The Morgan fingerprint density at radius 2 is 1.93 bits per heavy atom. The molecule has 2 aromatic heterocycles. The number of thiazole rings is 1. The molecule has 0 aliphatic heterocycles. The number of aryl methyl sites for hydroxylation is 1. The average Bonchev–Trinajstić information content (AvgIpc) is 3.12. The number of hydrogen-bond donors (Lipinski definition) is 1. The monoisotopic (exact) mass is 375 g/mol. The van der Waals surface area contributed by atoms with Crippen LogP contribution in [0.4, 0.5) is 5.69 Å². The Labute approximate surface area is 160 Å². The normalized spacial score (nSPS) is 10.7. The fraction of sp³-hybridized carbons (Fsp3) is 0.0952. The van der Waals surface area contributed by atoms with Crippen molar-refractivity contribution in [3.8, 4) is 5.75 Å². The van der Waals surface area contributed by atoms with E-state index in [0.717, 1.165) is 21.6 Å². The molecule has 0 radical (unpaired) electrons. The Morgan fingerprint density at radius 3 is 2.70 bits per heavy atom. The van der Waals surface area contributed by atoms with Gasteiger partial charge in [-0.25, -0.2) is 4.98 Å². The number of benzene rings is 2. The van der Waals surface area contributed by atoms with E-state index in [4.69, 9.17) is 4.74 Å². The second-order valence-corrected chi connectivity index (χ2v) is 6.97. The van der Waals surface area contributed by atoms with Crippen molar-refractivity contribution in [2.75, 3.05) is 5.32 Å². The Morgan fingerprint density at radius 1 is 1.11 bits per heavy atom. The number of hydrogen-bond acceptors (Lipinski definition) is 5. The zero-order chi connectivity index (χ0) is 18.6. The van der Waals surface area contributed by atoms with Gasteiger partial charge in [-0.1, -0.05) is 18.2 Å². The van der Waals surface area contributed by atoms with Gasteiger partial charge in [0.05, 0.1) is 11.2 Å². The average molecular weight is 375 g/mol. The SMILES string of the molecule is Cc1csc(COc2ccc(C(=O)Nc3cccc4cccnc34)cc2)n1. The van der Waals surface area contributed by atoms with Crippen molar-refractivity contribution < 1.29 is 9.53 Å². The van der Waals surface area contributed by atoms with Crippen molar-refractivity contribution in [1.82, 2.24) is 9.97 Å². The Bertz CT molecular complexity index is 1080. The highest BCUT2D eigenvalue weighted by molar-refractivity contribution is 7.09. The number of anilines is 1. The summed E-state index contributed by atoms with van der Waals surface area (Å²) in [7, 11) is 0. The fourth-order valence-corrected chi connectivity index (χ4v) is 3.40. The Hall–Kier alpha value is -3.25. The fourth-order valence-electron chi connectivity index (χ4n) is 2.72. The molecule has 6 heteroatoms. The van der Waals surface area contributed by atoms with Crippen LogP contribution >= 0.6 is 11.3 Å². The summed E-state index contributed by atoms with van der Waals surface area (Å²) in [5.74, 6) is 0.515. The number of fused-ring (bicyclic) bond motifs is 1. The van der Waals surface area contributed by atoms with Crippen LogP contribution in [0.25, 0.3) is 10.9 Å². The van der Waals surface area contributed by atoms with Gasteiger partial charge in [-0.3, -0.25) is 9.78 Å². The van der Waals surface area contributed by atoms with Crippen molar-refractivity contribution in [1.29, 1.82) is 0 Å². The van der Waals surface area contributed by atoms with Crippen molar-refractivity contribution in [2.45, 2.75) is 13.5 Å². The number of ether oxygens (including phenoxy) is 1. The second kappa shape index (κ2) is 7.55. The lowest BCUT2D eigenvalue weighted by molar-refractivity contribution is 0.102. The Balaban J connectivity index is 1.44. The molecule has 0 spiro atoms. The van der Waals surface area contributed by atoms with E-state index < -0.39 is 0 Å². The molecule has 0 atom stereocenters. The van der Waals surface area contributed by atoms with Gasteiger partial charge in [-0.05, 0) is 43.3 Å². The minimum atomic E-state index is -0.185. The molecule has 27 heavy (non-hydrogen) atoms. The van der Waals surface area contributed by atoms with Crippen LogP contribution in [0.1, 0.15) is 21.1 Å². The van der Waals surface area contributed by atoms with Crippen molar-refractivity contribution in [3.63, 3.8) is 0 Å². The first-order valence-electron chi connectivity index (χ1n) is 8.48. The molecule has 0 aliphatic carbocycles. The van der Waals surface area contributed by atoms with E-state index in [1.54, 1.807) is 41.8 Å². The number of para-hydroxylation sites is 1. The maximum absolute atomic E-state index is 12.6. The van der Waals surface area contributed by atoms with Crippen LogP contribution in [0.2, 0.25) is 0 Å². The van der Waals surface area contributed by atoms with Crippen molar-refractivity contribution in [2.24, 2.45) is 0 Å². The maximum atomic E-state index is 12.6. The van der Waals surface area contributed by atoms with Crippen LogP contribution in [0, 0.1) is 6.92 Å². The van der Waals surface area contributed by atoms with Gasteiger partial charge in [0, 0.05) is 28.2 Å². The number of nitrogens with zero attached hydrogens (tertiary/aromatic N) is 2. The molecule has 134 valence electrons. The van der Waals surface area contributed by atoms with Crippen molar-refractivity contribution in [3.05, 3.63) is 82.4 Å². The maximum Gasteiger partial charge on any atom is 0.255 e. The summed E-state index contributed by atoms with van der Waals surface area (Å²) in [6.45, 7) is 2.38. The zero-order valence-corrected chi connectivity index (χ0v) is 15.5. The lowest BCUT2D eigenvalue weighted by Crippen LogP contribution is -2.12. The summed E-state index contributed by atoms with van der Waals surface area (Å²) < 4.78 is 5.72. The third-order valence-electron chi connectivity index (χ3n) is 4.03. The minimum Gasteiger partial charge on any atom is -0.486 e. The molecule has 4 rings (SSSR count). The van der Waals surface area contributed by atoms with Crippen LogP contribution in [-0.2, 0) is 6.61 Å². The number of nitrogens with one attached hydrogen (secondary N) is 1. The van der Waals surface area contributed by atoms with Gasteiger partial charge in [0.2, 0.25) is 0 Å². The molecule has 1 amide bonds. The smallest absolute Gasteiger partial charge is 0.255 e. The zero-order valence-electron chi connectivity index (χ0n) is 14.7. The van der Waals surface area contributed by atoms with Crippen LogP contribution in [0.3, 0.4) is 0 Å². The number of carbonyl (C=O) groups is 1. The molecule has 0 unspecified atom stereocenters. The molecule has 2 heterocycles. The van der Waals surface area contributed by atoms with Crippen LogP contribution < -0.4 is 10.1 Å². The first kappa shape index (κ1) is 17.2.